The molecule has 6 atom stereocenters. The van der Waals surface area contributed by atoms with E-state index in [1.54, 1.807) is 0 Å². The first kappa shape index (κ1) is 40.1. The first-order chi connectivity index (χ1) is 24.6. The van der Waals surface area contributed by atoms with Crippen LogP contribution in [0.3, 0.4) is 0 Å². The topological polar surface area (TPSA) is 182 Å². The molecule has 0 unspecified atom stereocenters. The number of halogens is 3. The van der Waals surface area contributed by atoms with Gasteiger partial charge in [-0.15, -0.1) is 0 Å². The molecule has 2 amide bonds. The van der Waals surface area contributed by atoms with Gasteiger partial charge in [0.2, 0.25) is 5.91 Å². The zero-order chi connectivity index (χ0) is 38.2. The molecular weight excluding hydrogens is 714 g/mol. The van der Waals surface area contributed by atoms with Crippen LogP contribution in [0.15, 0.2) is 42.5 Å². The maximum absolute atomic E-state index is 14.7. The summed E-state index contributed by atoms with van der Waals surface area (Å²) in [5.41, 5.74) is -0.154. The van der Waals surface area contributed by atoms with Crippen LogP contribution in [0.4, 0.5) is 8.78 Å². The van der Waals surface area contributed by atoms with Crippen molar-refractivity contribution >= 4 is 47.3 Å². The van der Waals surface area contributed by atoms with Gasteiger partial charge >= 0.3 is 23.9 Å². The molecule has 0 aromatic heterocycles. The van der Waals surface area contributed by atoms with Crippen molar-refractivity contribution in [1.82, 2.24) is 10.6 Å². The van der Waals surface area contributed by atoms with Crippen LogP contribution in [0.2, 0.25) is 5.02 Å². The normalized spacial score (nSPS) is 22.2. The third-order valence-corrected chi connectivity index (χ3v) is 8.49. The lowest BCUT2D eigenvalue weighted by Crippen LogP contribution is -2.69. The molecule has 1 aliphatic carbocycles. The van der Waals surface area contributed by atoms with Crippen LogP contribution in [-0.4, -0.2) is 85.6 Å². The zero-order valence-electron chi connectivity index (χ0n) is 28.8. The summed E-state index contributed by atoms with van der Waals surface area (Å²) in [5, 5.41) is 5.70. The number of carbonyl (C=O) groups is 6. The molecule has 0 spiro atoms. The van der Waals surface area contributed by atoms with E-state index in [0.29, 0.717) is 5.02 Å². The minimum atomic E-state index is -2.58. The van der Waals surface area contributed by atoms with E-state index >= 15 is 0 Å². The van der Waals surface area contributed by atoms with Gasteiger partial charge in [-0.05, 0) is 49.1 Å². The van der Waals surface area contributed by atoms with Crippen molar-refractivity contribution in [2.24, 2.45) is 5.92 Å². The fourth-order valence-corrected chi connectivity index (χ4v) is 5.85. The molecule has 1 heterocycles. The maximum atomic E-state index is 14.7. The summed E-state index contributed by atoms with van der Waals surface area (Å²) < 4.78 is 62.7. The van der Waals surface area contributed by atoms with Crippen LogP contribution >= 0.6 is 11.6 Å². The van der Waals surface area contributed by atoms with Crippen molar-refractivity contribution in [2.75, 3.05) is 13.7 Å². The Hall–Kier alpha value is -4.67. The average Bonchev–Trinajstić information content (AvgIpc) is 3.90. The van der Waals surface area contributed by atoms with Crippen LogP contribution in [0.25, 0.3) is 0 Å². The molecule has 2 aliphatic rings. The number of nitrogens with one attached hydrogen (secondary N) is 2. The number of amides is 2. The third kappa shape index (κ3) is 10.7. The van der Waals surface area contributed by atoms with Crippen LogP contribution in [-0.2, 0) is 59.0 Å². The predicted molar refractivity (Wildman–Crippen MR) is 175 cm³/mol. The average molecular weight is 753 g/mol. The lowest BCUT2D eigenvalue weighted by atomic mass is 9.87. The van der Waals surface area contributed by atoms with Crippen molar-refractivity contribution in [3.8, 4) is 0 Å². The van der Waals surface area contributed by atoms with E-state index < -0.39 is 103 Å². The van der Waals surface area contributed by atoms with Crippen molar-refractivity contribution < 1.29 is 66.0 Å². The largest absolute Gasteiger partial charge is 0.465 e. The van der Waals surface area contributed by atoms with Crippen LogP contribution in [0.5, 0.6) is 0 Å². The van der Waals surface area contributed by atoms with Gasteiger partial charge in [-0.3, -0.25) is 24.0 Å². The molecule has 0 radical (unpaired) electrons. The highest BCUT2D eigenvalue weighted by Crippen LogP contribution is 2.38. The summed E-state index contributed by atoms with van der Waals surface area (Å²) in [6.45, 7) is 1.84. The molecule has 1 saturated carbocycles. The van der Waals surface area contributed by atoms with Crippen LogP contribution in [0, 0.1) is 17.6 Å². The minimum Gasteiger partial charge on any atom is -0.465 e. The molecule has 14 nitrogen and oxygen atoms in total. The Morgan fingerprint density at radius 2 is 1.63 bits per heavy atom. The van der Waals surface area contributed by atoms with Gasteiger partial charge in [0.1, 0.15) is 12.2 Å². The van der Waals surface area contributed by atoms with Crippen molar-refractivity contribution in [1.29, 1.82) is 0 Å². The van der Waals surface area contributed by atoms with Crippen LogP contribution < -0.4 is 10.6 Å². The zero-order valence-corrected chi connectivity index (χ0v) is 29.5. The molecular formula is C35H39ClF2N2O12. The molecule has 2 aromatic carbocycles. The fourth-order valence-electron chi connectivity index (χ4n) is 5.72. The number of esters is 4. The molecule has 4 rings (SSSR count). The highest BCUT2D eigenvalue weighted by atomic mass is 35.5. The molecule has 2 aromatic rings. The summed E-state index contributed by atoms with van der Waals surface area (Å²) in [5.74, 6) is -10.0. The second-order valence-corrected chi connectivity index (χ2v) is 12.8. The first-order valence-electron chi connectivity index (χ1n) is 16.3. The Morgan fingerprint density at radius 3 is 2.23 bits per heavy atom. The molecule has 2 fully saturated rings. The predicted octanol–water partition coefficient (Wildman–Crippen LogP) is 3.30. The smallest absolute Gasteiger partial charge is 0.366 e. The Kier molecular flexibility index (Phi) is 13.7. The molecule has 52 heavy (non-hydrogen) atoms. The van der Waals surface area contributed by atoms with Crippen LogP contribution in [0.1, 0.15) is 62.4 Å². The van der Waals surface area contributed by atoms with E-state index in [-0.39, 0.29) is 23.5 Å². The highest BCUT2D eigenvalue weighted by molar-refractivity contribution is 6.30. The molecule has 1 aliphatic heterocycles. The van der Waals surface area contributed by atoms with Gasteiger partial charge in [0.25, 0.3) is 11.7 Å². The minimum absolute atomic E-state index is 0.0796. The molecule has 282 valence electrons. The van der Waals surface area contributed by atoms with Gasteiger partial charge in [-0.2, -0.15) is 0 Å². The van der Waals surface area contributed by atoms with Gasteiger partial charge in [-0.1, -0.05) is 23.7 Å². The molecule has 1 saturated heterocycles. The SMILES string of the molecule is COC(=O)[C@]1(OCc2cccc(F)c2F)C[C@H](OC(C)=O)[C@@H](NC(=O)CC2CC2)[C@H]([C@H](OC(C)=O)[C@@H](CNC(=O)c2ccc(Cl)cc2)OC(C)=O)O1. The molecule has 17 heteroatoms. The number of hydrogen-bond acceptors (Lipinski definition) is 12. The van der Waals surface area contributed by atoms with Gasteiger partial charge in [0, 0.05) is 43.3 Å². The van der Waals surface area contributed by atoms with E-state index in [1.165, 1.54) is 36.4 Å². The first-order valence-corrected chi connectivity index (χ1v) is 16.7. The van der Waals surface area contributed by atoms with E-state index in [4.69, 9.17) is 40.0 Å². The molecule has 2 N–H and O–H groups in total. The molecule has 0 bridgehead atoms. The van der Waals surface area contributed by atoms with Gasteiger partial charge < -0.3 is 39.1 Å². The van der Waals surface area contributed by atoms with Gasteiger partial charge in [0.15, 0.2) is 23.8 Å². The summed E-state index contributed by atoms with van der Waals surface area (Å²) in [4.78, 5) is 77.5. The second kappa shape index (κ2) is 17.7. The van der Waals surface area contributed by atoms with Gasteiger partial charge in [0.05, 0.1) is 32.7 Å². The Labute approximate surface area is 302 Å². The number of carbonyl (C=O) groups excluding carboxylic acids is 6. The maximum Gasteiger partial charge on any atom is 0.366 e. The summed E-state index contributed by atoms with van der Waals surface area (Å²) in [6.07, 6.45) is -5.52. The Morgan fingerprint density at radius 1 is 0.962 bits per heavy atom. The van der Waals surface area contributed by atoms with E-state index in [9.17, 15) is 37.5 Å². The summed E-state index contributed by atoms with van der Waals surface area (Å²) in [6, 6.07) is 7.69. The van der Waals surface area contributed by atoms with E-state index in [0.717, 1.165) is 46.8 Å². The standard InChI is InChI=1S/C35H39ClF2N2O12/c1-18(41)49-26-15-35(34(46)47-4,48-17-23-6-5-7-25(37)29(23)38)52-32(30(26)40-28(44)14-21-8-9-21)31(51-20(3)43)27(50-19(2)42)16-39-33(45)22-10-12-24(36)13-11-22/h5-7,10-13,21,26-27,30-32H,8-9,14-17H2,1-4H3,(H,39,45)(H,40,44)/t26-,27+,30+,31+,32+,35-/m0/s1. The third-order valence-electron chi connectivity index (χ3n) is 8.24. The summed E-state index contributed by atoms with van der Waals surface area (Å²) in [7, 11) is 0.983. The Bertz CT molecular complexity index is 1660. The van der Waals surface area contributed by atoms with Crippen molar-refractivity contribution in [2.45, 2.75) is 89.3 Å². The second-order valence-electron chi connectivity index (χ2n) is 12.4. The van der Waals surface area contributed by atoms with Crippen molar-refractivity contribution in [3.63, 3.8) is 0 Å². The number of rotatable bonds is 15. The fraction of sp³-hybridized carbons (Fsp3) is 0.486. The van der Waals surface area contributed by atoms with E-state index in [2.05, 4.69) is 10.6 Å². The number of ether oxygens (including phenoxy) is 6. The number of benzene rings is 2. The quantitative estimate of drug-likeness (QED) is 0.200. The van der Waals surface area contributed by atoms with Crippen molar-refractivity contribution in [3.05, 3.63) is 70.2 Å². The monoisotopic (exact) mass is 752 g/mol. The Balaban J connectivity index is 1.81. The summed E-state index contributed by atoms with van der Waals surface area (Å²) >= 11 is 5.94. The number of hydrogen-bond donors (Lipinski definition) is 2. The lowest BCUT2D eigenvalue weighted by Gasteiger charge is -2.48. The number of methoxy groups -OCH3 is 1. The highest BCUT2D eigenvalue weighted by Gasteiger charge is 2.59. The lowest BCUT2D eigenvalue weighted by molar-refractivity contribution is -0.317. The van der Waals surface area contributed by atoms with E-state index in [1.807, 2.05) is 0 Å². The van der Waals surface area contributed by atoms with Gasteiger partial charge in [-0.25, -0.2) is 13.6 Å².